The Morgan fingerprint density at radius 3 is 2.73 bits per heavy atom. The number of hydrogen-bond acceptors (Lipinski definition) is 4. The molecule has 142 valence electrons. The van der Waals surface area contributed by atoms with E-state index < -0.39 is 11.1 Å². The van der Waals surface area contributed by atoms with Crippen molar-refractivity contribution in [2.24, 2.45) is 5.92 Å². The van der Waals surface area contributed by atoms with Crippen molar-refractivity contribution in [2.75, 3.05) is 19.8 Å². The SMILES string of the molecule is C[C@H](c1ccccc1)N1C[C@]2(NC(=O)OC(C)(C)C)CCOC[C@@H]2C1=S. The lowest BCUT2D eigenvalue weighted by atomic mass is 9.83. The van der Waals surface area contributed by atoms with Crippen LogP contribution in [0.3, 0.4) is 0 Å². The Kier molecular flexibility index (Phi) is 5.26. The molecule has 3 rings (SSSR count). The Hall–Kier alpha value is -1.66. The van der Waals surface area contributed by atoms with E-state index in [9.17, 15) is 4.79 Å². The Balaban J connectivity index is 1.82. The van der Waals surface area contributed by atoms with Crippen molar-refractivity contribution >= 4 is 23.3 Å². The number of likely N-dealkylation sites (tertiary alicyclic amines) is 1. The number of nitrogens with one attached hydrogen (secondary N) is 1. The highest BCUT2D eigenvalue weighted by molar-refractivity contribution is 7.80. The normalized spacial score (nSPS) is 27.0. The van der Waals surface area contributed by atoms with Crippen molar-refractivity contribution in [3.63, 3.8) is 0 Å². The van der Waals surface area contributed by atoms with Crippen LogP contribution in [0, 0.1) is 5.92 Å². The van der Waals surface area contributed by atoms with Gasteiger partial charge < -0.3 is 19.7 Å². The summed E-state index contributed by atoms with van der Waals surface area (Å²) in [5, 5.41) is 3.15. The second-order valence-corrected chi connectivity index (χ2v) is 8.63. The lowest BCUT2D eigenvalue weighted by Gasteiger charge is -2.38. The van der Waals surface area contributed by atoms with Gasteiger partial charge in [-0.2, -0.15) is 0 Å². The van der Waals surface area contributed by atoms with Crippen LogP contribution in [0.15, 0.2) is 30.3 Å². The highest BCUT2D eigenvalue weighted by Gasteiger charge is 2.53. The van der Waals surface area contributed by atoms with Gasteiger partial charge in [0.1, 0.15) is 5.60 Å². The maximum Gasteiger partial charge on any atom is 0.408 e. The van der Waals surface area contributed by atoms with Crippen molar-refractivity contribution in [2.45, 2.75) is 51.3 Å². The van der Waals surface area contributed by atoms with Gasteiger partial charge in [-0.1, -0.05) is 42.5 Å². The molecule has 26 heavy (non-hydrogen) atoms. The molecule has 1 aromatic carbocycles. The predicted molar refractivity (Wildman–Crippen MR) is 105 cm³/mol. The maximum atomic E-state index is 12.5. The van der Waals surface area contributed by atoms with Gasteiger partial charge in [-0.15, -0.1) is 0 Å². The molecule has 5 nitrogen and oxygen atoms in total. The van der Waals surface area contributed by atoms with Crippen molar-refractivity contribution < 1.29 is 14.3 Å². The largest absolute Gasteiger partial charge is 0.444 e. The number of hydrogen-bond donors (Lipinski definition) is 1. The molecule has 2 heterocycles. The molecular weight excluding hydrogens is 348 g/mol. The molecule has 0 aliphatic carbocycles. The third-order valence-corrected chi connectivity index (χ3v) is 5.70. The number of carbonyl (C=O) groups excluding carboxylic acids is 1. The van der Waals surface area contributed by atoms with E-state index in [4.69, 9.17) is 21.7 Å². The minimum atomic E-state index is -0.530. The number of carbonyl (C=O) groups is 1. The summed E-state index contributed by atoms with van der Waals surface area (Å²) in [4.78, 5) is 15.6. The number of alkyl carbamates (subject to hydrolysis) is 1. The molecule has 6 heteroatoms. The van der Waals surface area contributed by atoms with E-state index in [2.05, 4.69) is 29.3 Å². The monoisotopic (exact) mass is 376 g/mol. The third-order valence-electron chi connectivity index (χ3n) is 5.18. The smallest absolute Gasteiger partial charge is 0.408 e. The molecular formula is C20H28N2O3S. The van der Waals surface area contributed by atoms with E-state index in [1.54, 1.807) is 0 Å². The summed E-state index contributed by atoms with van der Waals surface area (Å²) in [6, 6.07) is 10.5. The molecule has 2 aliphatic rings. The predicted octanol–water partition coefficient (Wildman–Crippen LogP) is 3.69. The first-order chi connectivity index (χ1) is 12.2. The van der Waals surface area contributed by atoms with Crippen LogP contribution in [0.5, 0.6) is 0 Å². The van der Waals surface area contributed by atoms with Crippen molar-refractivity contribution in [3.8, 4) is 0 Å². The van der Waals surface area contributed by atoms with Crippen LogP contribution in [-0.4, -0.2) is 46.9 Å². The summed E-state index contributed by atoms with van der Waals surface area (Å²) in [6.45, 7) is 9.59. The Morgan fingerprint density at radius 1 is 1.38 bits per heavy atom. The molecule has 1 amide bonds. The number of amides is 1. The summed E-state index contributed by atoms with van der Waals surface area (Å²) in [6.07, 6.45) is 0.344. The Labute approximate surface area is 161 Å². The molecule has 0 bridgehead atoms. The topological polar surface area (TPSA) is 50.8 Å². The number of fused-ring (bicyclic) bond motifs is 1. The molecule has 0 saturated carbocycles. The zero-order valence-electron chi connectivity index (χ0n) is 16.0. The van der Waals surface area contributed by atoms with Crippen LogP contribution in [0.1, 0.15) is 45.7 Å². The second kappa shape index (κ2) is 7.16. The molecule has 0 aromatic heterocycles. The minimum absolute atomic E-state index is 0.00932. The number of nitrogens with zero attached hydrogens (tertiary/aromatic N) is 1. The van der Waals surface area contributed by atoms with E-state index in [0.717, 1.165) is 11.4 Å². The summed E-state index contributed by atoms with van der Waals surface area (Å²) in [5.41, 5.74) is 0.250. The highest BCUT2D eigenvalue weighted by Crippen LogP contribution is 2.40. The first-order valence-corrected chi connectivity index (χ1v) is 9.57. The van der Waals surface area contributed by atoms with E-state index >= 15 is 0 Å². The summed E-state index contributed by atoms with van der Waals surface area (Å²) in [7, 11) is 0. The van der Waals surface area contributed by atoms with Gasteiger partial charge in [-0.05, 0) is 39.7 Å². The molecule has 1 aromatic rings. The zero-order chi connectivity index (χ0) is 18.9. The van der Waals surface area contributed by atoms with Crippen LogP contribution >= 0.6 is 12.2 Å². The number of ether oxygens (including phenoxy) is 2. The summed E-state index contributed by atoms with van der Waals surface area (Å²) >= 11 is 5.80. The summed E-state index contributed by atoms with van der Waals surface area (Å²) in [5.74, 6) is -0.00932. The molecule has 2 saturated heterocycles. The fourth-order valence-corrected chi connectivity index (χ4v) is 4.32. The fourth-order valence-electron chi connectivity index (χ4n) is 3.80. The lowest BCUT2D eigenvalue weighted by Crippen LogP contribution is -2.59. The van der Waals surface area contributed by atoms with Crippen LogP contribution in [0.25, 0.3) is 0 Å². The van der Waals surface area contributed by atoms with Crippen LogP contribution in [0.2, 0.25) is 0 Å². The average Bonchev–Trinajstić information content (AvgIpc) is 2.86. The van der Waals surface area contributed by atoms with Gasteiger partial charge in [0.2, 0.25) is 0 Å². The number of rotatable bonds is 3. The molecule has 2 fully saturated rings. The van der Waals surface area contributed by atoms with Gasteiger partial charge in [0.15, 0.2) is 0 Å². The van der Waals surface area contributed by atoms with Gasteiger partial charge in [0.05, 0.1) is 29.1 Å². The zero-order valence-corrected chi connectivity index (χ0v) is 16.8. The van der Waals surface area contributed by atoms with Crippen LogP contribution in [0.4, 0.5) is 4.79 Å². The van der Waals surface area contributed by atoms with E-state index in [1.165, 1.54) is 5.56 Å². The van der Waals surface area contributed by atoms with Crippen molar-refractivity contribution in [3.05, 3.63) is 35.9 Å². The number of thiocarbonyl (C=S) groups is 1. The molecule has 3 atom stereocenters. The highest BCUT2D eigenvalue weighted by atomic mass is 32.1. The quantitative estimate of drug-likeness (QED) is 0.816. The molecule has 1 N–H and O–H groups in total. The first kappa shape index (κ1) is 19.1. The van der Waals surface area contributed by atoms with Crippen molar-refractivity contribution in [1.82, 2.24) is 10.2 Å². The average molecular weight is 377 g/mol. The maximum absolute atomic E-state index is 12.5. The fraction of sp³-hybridized carbons (Fsp3) is 0.600. The molecule has 2 aliphatic heterocycles. The van der Waals surface area contributed by atoms with Gasteiger partial charge >= 0.3 is 6.09 Å². The molecule has 0 unspecified atom stereocenters. The number of benzene rings is 1. The Bertz CT molecular complexity index is 673. The van der Waals surface area contributed by atoms with E-state index in [0.29, 0.717) is 19.8 Å². The summed E-state index contributed by atoms with van der Waals surface area (Å²) < 4.78 is 11.2. The van der Waals surface area contributed by atoms with E-state index in [1.807, 2.05) is 39.0 Å². The van der Waals surface area contributed by atoms with Gasteiger partial charge in [0.25, 0.3) is 0 Å². The molecule has 0 radical (unpaired) electrons. The van der Waals surface area contributed by atoms with Gasteiger partial charge in [-0.3, -0.25) is 0 Å². The van der Waals surface area contributed by atoms with Crippen LogP contribution in [-0.2, 0) is 9.47 Å². The Morgan fingerprint density at radius 2 is 2.08 bits per heavy atom. The van der Waals surface area contributed by atoms with E-state index in [-0.39, 0.29) is 18.1 Å². The second-order valence-electron chi connectivity index (χ2n) is 8.21. The first-order valence-electron chi connectivity index (χ1n) is 9.16. The standard InChI is InChI=1S/C20H28N2O3S/c1-14(15-8-6-5-7-9-15)22-13-20(21-18(23)25-19(2,3)4)10-11-24-12-16(20)17(22)26/h5-9,14,16H,10-13H2,1-4H3,(H,21,23)/t14-,16-,20-/m1/s1. The minimum Gasteiger partial charge on any atom is -0.444 e. The third kappa shape index (κ3) is 3.86. The van der Waals surface area contributed by atoms with Gasteiger partial charge in [0, 0.05) is 13.2 Å². The van der Waals surface area contributed by atoms with Crippen molar-refractivity contribution in [1.29, 1.82) is 0 Å². The lowest BCUT2D eigenvalue weighted by molar-refractivity contribution is 0.00598. The van der Waals surface area contributed by atoms with Gasteiger partial charge in [-0.25, -0.2) is 4.79 Å². The van der Waals surface area contributed by atoms with Crippen LogP contribution < -0.4 is 5.32 Å². The molecule has 0 spiro atoms.